The molecule has 4 nitrogen and oxygen atoms in total. The summed E-state index contributed by atoms with van der Waals surface area (Å²) < 4.78 is 5.89. The molecule has 0 saturated carbocycles. The lowest BCUT2D eigenvalue weighted by Gasteiger charge is -2.36. The molecule has 3 rings (SSSR count). The topological polar surface area (TPSA) is 55.8 Å². The molecule has 0 fully saturated rings. The van der Waals surface area contributed by atoms with Gasteiger partial charge in [0, 0.05) is 22.3 Å². The third kappa shape index (κ3) is 2.08. The third-order valence-corrected chi connectivity index (χ3v) is 3.94. The van der Waals surface area contributed by atoms with Gasteiger partial charge in [0.15, 0.2) is 5.78 Å². The van der Waals surface area contributed by atoms with Gasteiger partial charge in [-0.2, -0.15) is 4.89 Å². The molecule has 0 spiro atoms. The van der Waals surface area contributed by atoms with E-state index in [1.54, 1.807) is 36.4 Å². The van der Waals surface area contributed by atoms with E-state index < -0.39 is 5.79 Å². The zero-order chi connectivity index (χ0) is 15.7. The molecule has 1 aliphatic rings. The largest absolute Gasteiger partial charge is 0.340 e. The summed E-state index contributed by atoms with van der Waals surface area (Å²) in [6, 6.07) is 12.5. The molecule has 114 valence electrons. The van der Waals surface area contributed by atoms with Gasteiger partial charge in [-0.05, 0) is 19.4 Å². The maximum absolute atomic E-state index is 12.7. The summed E-state index contributed by atoms with van der Waals surface area (Å²) in [7, 11) is 0. The van der Waals surface area contributed by atoms with Crippen LogP contribution in [0, 0.1) is 6.92 Å². The average molecular weight is 298 g/mol. The molecule has 2 aromatic rings. The summed E-state index contributed by atoms with van der Waals surface area (Å²) in [5, 5.41) is 9.68. The molecule has 22 heavy (non-hydrogen) atoms. The van der Waals surface area contributed by atoms with Gasteiger partial charge in [0.1, 0.15) is 0 Å². The van der Waals surface area contributed by atoms with Crippen molar-refractivity contribution in [3.63, 3.8) is 0 Å². The van der Waals surface area contributed by atoms with Gasteiger partial charge < -0.3 is 4.74 Å². The Balaban J connectivity index is 2.30. The van der Waals surface area contributed by atoms with E-state index in [9.17, 15) is 10.1 Å². The predicted octanol–water partition coefficient (Wildman–Crippen LogP) is 3.66. The van der Waals surface area contributed by atoms with E-state index in [1.165, 1.54) is 0 Å². The maximum atomic E-state index is 12.7. The highest BCUT2D eigenvalue weighted by Gasteiger charge is 2.46. The molecule has 0 heterocycles. The number of ketones is 1. The lowest BCUT2D eigenvalue weighted by molar-refractivity contribution is -0.396. The Hall–Kier alpha value is -2.01. The Morgan fingerprint density at radius 2 is 1.82 bits per heavy atom. The number of benzene rings is 2. The Morgan fingerprint density at radius 1 is 1.09 bits per heavy atom. The molecule has 1 aliphatic carbocycles. The second-order valence-corrected chi connectivity index (χ2v) is 5.48. The molecular formula is C18H18O4. The van der Waals surface area contributed by atoms with Crippen LogP contribution in [0.3, 0.4) is 0 Å². The highest BCUT2D eigenvalue weighted by atomic mass is 17.1. The van der Waals surface area contributed by atoms with E-state index in [4.69, 9.17) is 9.62 Å². The molecule has 0 aromatic heterocycles. The van der Waals surface area contributed by atoms with E-state index in [2.05, 4.69) is 0 Å². The quantitative estimate of drug-likeness (QED) is 0.532. The number of hydrogen-bond acceptors (Lipinski definition) is 4. The van der Waals surface area contributed by atoms with Crippen molar-refractivity contribution in [2.45, 2.75) is 26.1 Å². The Morgan fingerprint density at radius 3 is 2.55 bits per heavy atom. The Bertz CT molecular complexity index is 723. The van der Waals surface area contributed by atoms with E-state index >= 15 is 0 Å². The van der Waals surface area contributed by atoms with Gasteiger partial charge in [-0.15, -0.1) is 0 Å². The van der Waals surface area contributed by atoms with E-state index in [1.807, 2.05) is 19.9 Å². The van der Waals surface area contributed by atoms with Crippen LogP contribution in [0.1, 0.15) is 46.0 Å². The van der Waals surface area contributed by atoms with Crippen molar-refractivity contribution in [3.8, 4) is 0 Å². The van der Waals surface area contributed by atoms with Gasteiger partial charge in [0.2, 0.25) is 0 Å². The Labute approximate surface area is 129 Å². The molecular weight excluding hydrogens is 280 g/mol. The minimum atomic E-state index is -1.45. The van der Waals surface area contributed by atoms with Gasteiger partial charge in [0.25, 0.3) is 5.79 Å². The zero-order valence-corrected chi connectivity index (χ0v) is 12.6. The first-order valence-corrected chi connectivity index (χ1v) is 7.36. The fourth-order valence-corrected chi connectivity index (χ4v) is 2.92. The van der Waals surface area contributed by atoms with Gasteiger partial charge in [-0.1, -0.05) is 48.9 Å². The standard InChI is InChI=1S/C18H18O4/c1-3-10-21-18(22-20)15-7-5-4-6-13(15)17(19)14-11-12(2)8-9-16(14)18/h4-9,11,20H,3,10H2,1-2H3. The molecule has 0 saturated heterocycles. The van der Waals surface area contributed by atoms with Crippen LogP contribution in [-0.2, 0) is 15.4 Å². The highest BCUT2D eigenvalue weighted by molar-refractivity contribution is 6.13. The zero-order valence-electron chi connectivity index (χ0n) is 12.6. The van der Waals surface area contributed by atoms with Crippen molar-refractivity contribution >= 4 is 5.78 Å². The fraction of sp³-hybridized carbons (Fsp3) is 0.278. The van der Waals surface area contributed by atoms with Crippen molar-refractivity contribution in [1.82, 2.24) is 0 Å². The number of hydrogen-bond donors (Lipinski definition) is 1. The van der Waals surface area contributed by atoms with Crippen LogP contribution in [0.5, 0.6) is 0 Å². The summed E-state index contributed by atoms with van der Waals surface area (Å²) in [4.78, 5) is 17.6. The summed E-state index contributed by atoms with van der Waals surface area (Å²) in [5.41, 5.74) is 3.04. The van der Waals surface area contributed by atoms with Crippen LogP contribution in [0.2, 0.25) is 0 Å². The van der Waals surface area contributed by atoms with Crippen molar-refractivity contribution in [3.05, 3.63) is 70.3 Å². The monoisotopic (exact) mass is 298 g/mol. The molecule has 1 N–H and O–H groups in total. The molecule has 0 bridgehead atoms. The smallest absolute Gasteiger partial charge is 0.255 e. The first-order chi connectivity index (χ1) is 10.6. The molecule has 1 unspecified atom stereocenters. The second-order valence-electron chi connectivity index (χ2n) is 5.48. The van der Waals surface area contributed by atoms with Crippen LogP contribution in [0.25, 0.3) is 0 Å². The van der Waals surface area contributed by atoms with Crippen molar-refractivity contribution < 1.29 is 19.7 Å². The summed E-state index contributed by atoms with van der Waals surface area (Å²) in [6.07, 6.45) is 0.766. The summed E-state index contributed by atoms with van der Waals surface area (Å²) in [6.45, 7) is 4.29. The summed E-state index contributed by atoms with van der Waals surface area (Å²) >= 11 is 0. The average Bonchev–Trinajstić information content (AvgIpc) is 2.56. The van der Waals surface area contributed by atoms with Gasteiger partial charge in [0.05, 0.1) is 6.61 Å². The van der Waals surface area contributed by atoms with E-state index in [-0.39, 0.29) is 5.78 Å². The number of fused-ring (bicyclic) bond motifs is 2. The third-order valence-electron chi connectivity index (χ3n) is 3.94. The fourth-order valence-electron chi connectivity index (χ4n) is 2.92. The van der Waals surface area contributed by atoms with Crippen LogP contribution < -0.4 is 0 Å². The minimum absolute atomic E-state index is 0.0814. The highest BCUT2D eigenvalue weighted by Crippen LogP contribution is 2.43. The van der Waals surface area contributed by atoms with Crippen molar-refractivity contribution in [2.75, 3.05) is 6.61 Å². The van der Waals surface area contributed by atoms with Gasteiger partial charge >= 0.3 is 0 Å². The first kappa shape index (κ1) is 14.9. The predicted molar refractivity (Wildman–Crippen MR) is 81.8 cm³/mol. The van der Waals surface area contributed by atoms with Crippen molar-refractivity contribution in [1.29, 1.82) is 0 Å². The van der Waals surface area contributed by atoms with Crippen LogP contribution in [-0.4, -0.2) is 17.6 Å². The first-order valence-electron chi connectivity index (χ1n) is 7.36. The van der Waals surface area contributed by atoms with Crippen LogP contribution in [0.15, 0.2) is 42.5 Å². The molecule has 0 amide bonds. The van der Waals surface area contributed by atoms with E-state index in [0.717, 1.165) is 12.0 Å². The van der Waals surface area contributed by atoms with Crippen LogP contribution >= 0.6 is 0 Å². The molecule has 2 aromatic carbocycles. The van der Waals surface area contributed by atoms with Crippen molar-refractivity contribution in [2.24, 2.45) is 0 Å². The number of carbonyl (C=O) groups is 1. The number of ether oxygens (including phenoxy) is 1. The summed E-state index contributed by atoms with van der Waals surface area (Å²) in [5.74, 6) is -1.54. The van der Waals surface area contributed by atoms with Gasteiger partial charge in [-0.25, -0.2) is 5.26 Å². The molecule has 0 radical (unpaired) electrons. The molecule has 1 atom stereocenters. The molecule has 0 aliphatic heterocycles. The molecule has 4 heteroatoms. The maximum Gasteiger partial charge on any atom is 0.255 e. The second kappa shape index (κ2) is 5.65. The normalized spacial score (nSPS) is 19.7. The van der Waals surface area contributed by atoms with Crippen LogP contribution in [0.4, 0.5) is 0 Å². The number of rotatable bonds is 4. The lowest BCUT2D eigenvalue weighted by atomic mass is 9.80. The number of carbonyl (C=O) groups excluding carboxylic acids is 1. The SMILES string of the molecule is CCCOC1(OO)c2ccccc2C(=O)c2cc(C)ccc21. The minimum Gasteiger partial charge on any atom is -0.340 e. The number of aryl methyl sites for hydroxylation is 1. The van der Waals surface area contributed by atoms with Gasteiger partial charge in [-0.3, -0.25) is 4.79 Å². The lowest BCUT2D eigenvalue weighted by Crippen LogP contribution is -2.40. The Kier molecular flexibility index (Phi) is 3.83. The van der Waals surface area contributed by atoms with E-state index in [0.29, 0.717) is 28.9 Å².